The summed E-state index contributed by atoms with van der Waals surface area (Å²) in [6, 6.07) is 0. The summed E-state index contributed by atoms with van der Waals surface area (Å²) >= 11 is 9.40. The average Bonchev–Trinajstić information content (AvgIpc) is 2.96. The Labute approximate surface area is 136 Å². The molecular formula is C13H17BrClN5O. The molecular weight excluding hydrogens is 358 g/mol. The van der Waals surface area contributed by atoms with Crippen molar-refractivity contribution in [1.82, 2.24) is 24.5 Å². The van der Waals surface area contributed by atoms with Crippen LogP contribution in [0.25, 0.3) is 0 Å². The molecule has 0 N–H and O–H groups in total. The van der Waals surface area contributed by atoms with Crippen LogP contribution in [0.2, 0.25) is 5.02 Å². The normalized spacial score (nSPS) is 10.9. The maximum Gasteiger partial charge on any atom is 0.244 e. The van der Waals surface area contributed by atoms with Crippen molar-refractivity contribution < 1.29 is 4.79 Å². The summed E-state index contributed by atoms with van der Waals surface area (Å²) in [6.07, 6.45) is 3.29. The fourth-order valence-corrected chi connectivity index (χ4v) is 2.53. The van der Waals surface area contributed by atoms with Crippen molar-refractivity contribution in [2.24, 2.45) is 0 Å². The van der Waals surface area contributed by atoms with Gasteiger partial charge in [0.1, 0.15) is 6.54 Å². The van der Waals surface area contributed by atoms with Crippen LogP contribution in [0.4, 0.5) is 0 Å². The van der Waals surface area contributed by atoms with Gasteiger partial charge in [0.25, 0.3) is 0 Å². The van der Waals surface area contributed by atoms with Gasteiger partial charge in [0.15, 0.2) is 0 Å². The van der Waals surface area contributed by atoms with E-state index in [1.807, 2.05) is 18.5 Å². The van der Waals surface area contributed by atoms with Crippen LogP contribution in [0.3, 0.4) is 0 Å². The molecule has 0 aliphatic carbocycles. The van der Waals surface area contributed by atoms with Crippen molar-refractivity contribution in [3.63, 3.8) is 0 Å². The van der Waals surface area contributed by atoms with Crippen molar-refractivity contribution in [3.05, 3.63) is 33.3 Å². The van der Waals surface area contributed by atoms with Crippen LogP contribution in [0.15, 0.2) is 16.9 Å². The first-order valence-corrected chi connectivity index (χ1v) is 7.73. The van der Waals surface area contributed by atoms with E-state index >= 15 is 0 Å². The third-order valence-electron chi connectivity index (χ3n) is 3.34. The predicted octanol–water partition coefficient (Wildman–Crippen LogP) is 2.48. The van der Waals surface area contributed by atoms with Crippen LogP contribution in [-0.4, -0.2) is 37.4 Å². The van der Waals surface area contributed by atoms with E-state index in [1.165, 1.54) is 0 Å². The van der Waals surface area contributed by atoms with Crippen molar-refractivity contribution in [2.75, 3.05) is 7.05 Å². The number of aryl methyl sites for hydroxylation is 1. The summed E-state index contributed by atoms with van der Waals surface area (Å²) in [5.41, 5.74) is 1.77. The van der Waals surface area contributed by atoms with Gasteiger partial charge in [0, 0.05) is 13.6 Å². The van der Waals surface area contributed by atoms with E-state index in [0.717, 1.165) is 22.4 Å². The Bertz CT molecular complexity index is 651. The van der Waals surface area contributed by atoms with Gasteiger partial charge >= 0.3 is 0 Å². The van der Waals surface area contributed by atoms with Gasteiger partial charge in [-0.3, -0.25) is 14.2 Å². The highest BCUT2D eigenvalue weighted by Gasteiger charge is 2.16. The number of carbonyl (C=O) groups excluding carboxylic acids is 1. The van der Waals surface area contributed by atoms with E-state index in [-0.39, 0.29) is 12.5 Å². The van der Waals surface area contributed by atoms with E-state index in [4.69, 9.17) is 11.6 Å². The minimum Gasteiger partial charge on any atom is -0.338 e. The molecule has 0 saturated heterocycles. The molecule has 0 spiro atoms. The summed E-state index contributed by atoms with van der Waals surface area (Å²) < 4.78 is 4.37. The molecule has 0 radical (unpaired) electrons. The van der Waals surface area contributed by atoms with E-state index in [2.05, 4.69) is 26.1 Å². The summed E-state index contributed by atoms with van der Waals surface area (Å²) in [4.78, 5) is 13.9. The zero-order valence-corrected chi connectivity index (χ0v) is 14.5. The fourth-order valence-electron chi connectivity index (χ4n) is 1.96. The third-order valence-corrected chi connectivity index (χ3v) is 4.37. The van der Waals surface area contributed by atoms with Gasteiger partial charge in [-0.25, -0.2) is 0 Å². The van der Waals surface area contributed by atoms with E-state index < -0.39 is 0 Å². The number of halogens is 2. The van der Waals surface area contributed by atoms with Gasteiger partial charge in [-0.2, -0.15) is 10.2 Å². The molecule has 1 amide bonds. The predicted molar refractivity (Wildman–Crippen MR) is 84.0 cm³/mol. The fraction of sp³-hybridized carbons (Fsp3) is 0.462. The SMILES string of the molecule is CCn1ncc(Br)c1CN(C)C(=O)Cn1ncc(Cl)c1C. The monoisotopic (exact) mass is 373 g/mol. The van der Waals surface area contributed by atoms with Crippen LogP contribution >= 0.6 is 27.5 Å². The molecule has 2 aromatic rings. The molecule has 0 bridgehead atoms. The Morgan fingerprint density at radius 3 is 2.62 bits per heavy atom. The number of aromatic nitrogens is 4. The second-order valence-electron chi connectivity index (χ2n) is 4.74. The highest BCUT2D eigenvalue weighted by atomic mass is 79.9. The number of hydrogen-bond donors (Lipinski definition) is 0. The lowest BCUT2D eigenvalue weighted by Gasteiger charge is -2.18. The Morgan fingerprint density at radius 1 is 1.38 bits per heavy atom. The van der Waals surface area contributed by atoms with Gasteiger partial charge < -0.3 is 4.90 Å². The van der Waals surface area contributed by atoms with Crippen LogP contribution < -0.4 is 0 Å². The number of rotatable bonds is 5. The highest BCUT2D eigenvalue weighted by Crippen LogP contribution is 2.18. The topological polar surface area (TPSA) is 56.0 Å². The minimum atomic E-state index is -0.0337. The molecule has 2 heterocycles. The van der Waals surface area contributed by atoms with Crippen molar-refractivity contribution >= 4 is 33.4 Å². The Balaban J connectivity index is 2.06. The van der Waals surface area contributed by atoms with Gasteiger partial charge in [0.05, 0.1) is 39.8 Å². The lowest BCUT2D eigenvalue weighted by atomic mass is 10.3. The smallest absolute Gasteiger partial charge is 0.244 e. The van der Waals surface area contributed by atoms with Crippen molar-refractivity contribution in [3.8, 4) is 0 Å². The molecule has 0 aromatic carbocycles. The molecule has 114 valence electrons. The van der Waals surface area contributed by atoms with Gasteiger partial charge in [0.2, 0.25) is 5.91 Å². The van der Waals surface area contributed by atoms with E-state index in [9.17, 15) is 4.79 Å². The summed E-state index contributed by atoms with van der Waals surface area (Å²) in [5.74, 6) is -0.0337. The number of likely N-dealkylation sites (N-methyl/N-ethyl adjacent to an activating group) is 1. The van der Waals surface area contributed by atoms with Crippen LogP contribution in [-0.2, 0) is 24.4 Å². The molecule has 0 saturated carbocycles. The molecule has 0 aliphatic heterocycles. The molecule has 21 heavy (non-hydrogen) atoms. The first-order valence-electron chi connectivity index (χ1n) is 6.56. The highest BCUT2D eigenvalue weighted by molar-refractivity contribution is 9.10. The average molecular weight is 375 g/mol. The summed E-state index contributed by atoms with van der Waals surface area (Å²) in [5, 5.41) is 8.91. The maximum absolute atomic E-state index is 12.3. The third kappa shape index (κ3) is 3.47. The Kier molecular flexibility index (Phi) is 5.05. The molecule has 0 fully saturated rings. The number of nitrogens with zero attached hydrogens (tertiary/aromatic N) is 5. The molecule has 6 nitrogen and oxygen atoms in total. The molecule has 2 aromatic heterocycles. The second-order valence-corrected chi connectivity index (χ2v) is 6.00. The first kappa shape index (κ1) is 16.0. The standard InChI is InChI=1S/C13H17BrClN5O/c1-4-19-12(10(14)5-16-19)7-18(3)13(21)8-20-9(2)11(15)6-17-20/h5-6H,4,7-8H2,1-3H3. The van der Waals surface area contributed by atoms with Crippen molar-refractivity contribution in [1.29, 1.82) is 0 Å². The molecule has 2 rings (SSSR count). The molecule has 0 aliphatic rings. The van der Waals surface area contributed by atoms with E-state index in [1.54, 1.807) is 29.0 Å². The number of carbonyl (C=O) groups is 1. The Hall–Kier alpha value is -1.34. The van der Waals surface area contributed by atoms with Crippen LogP contribution in [0.5, 0.6) is 0 Å². The zero-order chi connectivity index (χ0) is 15.6. The number of amides is 1. The van der Waals surface area contributed by atoms with Gasteiger partial charge in [-0.1, -0.05) is 11.6 Å². The Morgan fingerprint density at radius 2 is 2.05 bits per heavy atom. The maximum atomic E-state index is 12.3. The van der Waals surface area contributed by atoms with Gasteiger partial charge in [-0.05, 0) is 29.8 Å². The summed E-state index contributed by atoms with van der Waals surface area (Å²) in [6.45, 7) is 5.27. The molecule has 0 atom stereocenters. The van der Waals surface area contributed by atoms with Crippen molar-refractivity contribution in [2.45, 2.75) is 33.5 Å². The lowest BCUT2D eigenvalue weighted by molar-refractivity contribution is -0.131. The first-order chi connectivity index (χ1) is 9.93. The largest absolute Gasteiger partial charge is 0.338 e. The van der Waals surface area contributed by atoms with Gasteiger partial charge in [-0.15, -0.1) is 0 Å². The van der Waals surface area contributed by atoms with E-state index in [0.29, 0.717) is 11.6 Å². The summed E-state index contributed by atoms with van der Waals surface area (Å²) in [7, 11) is 1.77. The zero-order valence-electron chi connectivity index (χ0n) is 12.2. The second kappa shape index (κ2) is 6.62. The quantitative estimate of drug-likeness (QED) is 0.808. The van der Waals surface area contributed by atoms with Crippen LogP contribution in [0, 0.1) is 6.92 Å². The lowest BCUT2D eigenvalue weighted by Crippen LogP contribution is -2.31. The molecule has 8 heteroatoms. The molecule has 0 unspecified atom stereocenters. The number of hydrogen-bond acceptors (Lipinski definition) is 3. The minimum absolute atomic E-state index is 0.0337. The van der Waals surface area contributed by atoms with Crippen LogP contribution in [0.1, 0.15) is 18.3 Å².